The fourth-order valence-corrected chi connectivity index (χ4v) is 7.05. The Labute approximate surface area is 359 Å². The van der Waals surface area contributed by atoms with Gasteiger partial charge in [0.15, 0.2) is 6.10 Å². The van der Waals surface area contributed by atoms with E-state index in [1.807, 2.05) is 0 Å². The highest BCUT2D eigenvalue weighted by Crippen LogP contribution is 2.14. The Morgan fingerprint density at radius 2 is 0.621 bits per heavy atom. The summed E-state index contributed by atoms with van der Waals surface area (Å²) in [6.07, 6.45) is 54.2. The molecule has 58 heavy (non-hydrogen) atoms. The van der Waals surface area contributed by atoms with E-state index in [4.69, 9.17) is 14.2 Å². The van der Waals surface area contributed by atoms with Crippen molar-refractivity contribution >= 4 is 17.9 Å². The number of hydrogen-bond donors (Lipinski definition) is 0. The monoisotopic (exact) mass is 815 g/mol. The van der Waals surface area contributed by atoms with Crippen molar-refractivity contribution in [2.24, 2.45) is 0 Å². The lowest BCUT2D eigenvalue weighted by atomic mass is 10.1. The average molecular weight is 815 g/mol. The molecule has 6 heteroatoms. The summed E-state index contributed by atoms with van der Waals surface area (Å²) in [5.74, 6) is -0.896. The van der Waals surface area contributed by atoms with Gasteiger partial charge in [-0.15, -0.1) is 0 Å². The standard InChI is InChI=1S/C52H94O6/c1-4-7-10-13-16-18-20-22-24-26-28-29-31-33-36-39-42-45-51(54)57-48-49(47-56-50(53)44-41-38-35-15-12-9-6-3)58-52(55)46-43-40-37-34-32-30-27-25-23-21-19-17-14-11-8-5-2/h19,21-22,24-25,27,49H,4-18,20,23,26,28-48H2,1-3H3/b21-19-,24-22-,27-25-. The van der Waals surface area contributed by atoms with Crippen LogP contribution in [0.2, 0.25) is 0 Å². The number of unbranched alkanes of at least 4 members (excludes halogenated alkanes) is 28. The highest BCUT2D eigenvalue weighted by Gasteiger charge is 2.19. The predicted octanol–water partition coefficient (Wildman–Crippen LogP) is 16.1. The van der Waals surface area contributed by atoms with Gasteiger partial charge in [0.25, 0.3) is 0 Å². The average Bonchev–Trinajstić information content (AvgIpc) is 3.22. The third-order valence-corrected chi connectivity index (χ3v) is 10.9. The number of carbonyl (C=O) groups is 3. The van der Waals surface area contributed by atoms with Gasteiger partial charge in [-0.2, -0.15) is 0 Å². The van der Waals surface area contributed by atoms with Crippen molar-refractivity contribution in [1.82, 2.24) is 0 Å². The maximum atomic E-state index is 12.7. The molecule has 0 fully saturated rings. The van der Waals surface area contributed by atoms with E-state index in [1.54, 1.807) is 0 Å². The van der Waals surface area contributed by atoms with Crippen LogP contribution in [0.15, 0.2) is 36.5 Å². The van der Waals surface area contributed by atoms with E-state index in [0.29, 0.717) is 19.3 Å². The van der Waals surface area contributed by atoms with Crippen LogP contribution < -0.4 is 0 Å². The van der Waals surface area contributed by atoms with Gasteiger partial charge < -0.3 is 14.2 Å². The van der Waals surface area contributed by atoms with Gasteiger partial charge >= 0.3 is 17.9 Å². The quantitative estimate of drug-likeness (QED) is 0.0264. The van der Waals surface area contributed by atoms with Gasteiger partial charge in [0.1, 0.15) is 13.2 Å². The third kappa shape index (κ3) is 44.7. The first-order valence-electron chi connectivity index (χ1n) is 25.0. The van der Waals surface area contributed by atoms with Crippen LogP contribution in [0.5, 0.6) is 0 Å². The lowest BCUT2D eigenvalue weighted by Crippen LogP contribution is -2.30. The maximum Gasteiger partial charge on any atom is 0.306 e. The molecule has 0 saturated carbocycles. The normalized spacial score (nSPS) is 12.3. The van der Waals surface area contributed by atoms with Gasteiger partial charge in [-0.25, -0.2) is 0 Å². The number of esters is 3. The summed E-state index contributed by atoms with van der Waals surface area (Å²) in [7, 11) is 0. The summed E-state index contributed by atoms with van der Waals surface area (Å²) in [6.45, 7) is 6.57. The van der Waals surface area contributed by atoms with E-state index in [0.717, 1.165) is 83.5 Å². The highest BCUT2D eigenvalue weighted by atomic mass is 16.6. The first-order chi connectivity index (χ1) is 28.5. The highest BCUT2D eigenvalue weighted by molar-refractivity contribution is 5.71. The van der Waals surface area contributed by atoms with Crippen LogP contribution >= 0.6 is 0 Å². The zero-order valence-electron chi connectivity index (χ0n) is 38.6. The molecule has 0 aliphatic heterocycles. The number of rotatable bonds is 45. The maximum absolute atomic E-state index is 12.7. The molecule has 0 aromatic heterocycles. The van der Waals surface area contributed by atoms with Crippen LogP contribution in [0.3, 0.4) is 0 Å². The second kappa shape index (κ2) is 47.3. The Morgan fingerprint density at radius 1 is 0.345 bits per heavy atom. The minimum atomic E-state index is -0.775. The van der Waals surface area contributed by atoms with Gasteiger partial charge in [0, 0.05) is 19.3 Å². The minimum Gasteiger partial charge on any atom is -0.462 e. The summed E-state index contributed by atoms with van der Waals surface area (Å²) in [5, 5.41) is 0. The summed E-state index contributed by atoms with van der Waals surface area (Å²) in [5.41, 5.74) is 0. The molecule has 0 radical (unpaired) electrons. The summed E-state index contributed by atoms with van der Waals surface area (Å²) >= 11 is 0. The van der Waals surface area contributed by atoms with E-state index in [2.05, 4.69) is 57.2 Å². The van der Waals surface area contributed by atoms with Crippen molar-refractivity contribution in [1.29, 1.82) is 0 Å². The zero-order valence-corrected chi connectivity index (χ0v) is 38.6. The van der Waals surface area contributed by atoms with Crippen molar-refractivity contribution in [2.45, 2.75) is 264 Å². The molecule has 338 valence electrons. The van der Waals surface area contributed by atoms with Crippen molar-refractivity contribution < 1.29 is 28.6 Å². The Hall–Kier alpha value is -2.37. The number of carbonyl (C=O) groups excluding carboxylic acids is 3. The van der Waals surface area contributed by atoms with Crippen molar-refractivity contribution in [3.63, 3.8) is 0 Å². The first-order valence-corrected chi connectivity index (χ1v) is 25.0. The van der Waals surface area contributed by atoms with Crippen LogP contribution in [0.4, 0.5) is 0 Å². The van der Waals surface area contributed by atoms with Crippen molar-refractivity contribution in [3.05, 3.63) is 36.5 Å². The fraction of sp³-hybridized carbons (Fsp3) is 0.827. The lowest BCUT2D eigenvalue weighted by molar-refractivity contribution is -0.167. The molecule has 0 aromatic rings. The lowest BCUT2D eigenvalue weighted by Gasteiger charge is -2.18. The van der Waals surface area contributed by atoms with E-state index in [9.17, 15) is 14.4 Å². The number of hydrogen-bond acceptors (Lipinski definition) is 6. The van der Waals surface area contributed by atoms with Gasteiger partial charge in [0.2, 0.25) is 0 Å². The third-order valence-electron chi connectivity index (χ3n) is 10.9. The van der Waals surface area contributed by atoms with E-state index >= 15 is 0 Å². The molecule has 1 atom stereocenters. The van der Waals surface area contributed by atoms with E-state index < -0.39 is 6.10 Å². The summed E-state index contributed by atoms with van der Waals surface area (Å²) in [6, 6.07) is 0. The molecule has 6 nitrogen and oxygen atoms in total. The topological polar surface area (TPSA) is 78.9 Å². The SMILES string of the molecule is CCCCCC/C=C\C/C=C\CCCCCCCC(=O)OC(COC(=O)CCCCCCCCC)COC(=O)CCCCCCCCC/C=C\CCCCCCCC. The first kappa shape index (κ1) is 55.6. The molecule has 0 N–H and O–H groups in total. The van der Waals surface area contributed by atoms with Crippen LogP contribution in [0, 0.1) is 0 Å². The van der Waals surface area contributed by atoms with E-state index in [1.165, 1.54) is 135 Å². The Balaban J connectivity index is 4.28. The van der Waals surface area contributed by atoms with Crippen molar-refractivity contribution in [3.8, 4) is 0 Å². The molecule has 0 amide bonds. The number of ether oxygens (including phenoxy) is 3. The molecular formula is C52H94O6. The van der Waals surface area contributed by atoms with Gasteiger partial charge in [0.05, 0.1) is 0 Å². The molecule has 0 rings (SSSR count). The molecule has 1 unspecified atom stereocenters. The van der Waals surface area contributed by atoms with Crippen LogP contribution in [-0.4, -0.2) is 37.2 Å². The van der Waals surface area contributed by atoms with Crippen LogP contribution in [0.1, 0.15) is 258 Å². The van der Waals surface area contributed by atoms with Gasteiger partial charge in [-0.3, -0.25) is 14.4 Å². The Bertz CT molecular complexity index is 984. The van der Waals surface area contributed by atoms with Crippen molar-refractivity contribution in [2.75, 3.05) is 13.2 Å². The smallest absolute Gasteiger partial charge is 0.306 e. The van der Waals surface area contributed by atoms with Crippen LogP contribution in [0.25, 0.3) is 0 Å². The summed E-state index contributed by atoms with van der Waals surface area (Å²) < 4.78 is 16.7. The fourth-order valence-electron chi connectivity index (χ4n) is 7.05. The Morgan fingerprint density at radius 3 is 0.983 bits per heavy atom. The zero-order chi connectivity index (χ0) is 42.3. The molecule has 0 aliphatic rings. The molecule has 0 aliphatic carbocycles. The second-order valence-corrected chi connectivity index (χ2v) is 16.7. The molecule has 0 spiro atoms. The molecule has 0 heterocycles. The minimum absolute atomic E-state index is 0.0778. The Kier molecular flexibility index (Phi) is 45.4. The molecule has 0 aromatic carbocycles. The predicted molar refractivity (Wildman–Crippen MR) is 247 cm³/mol. The van der Waals surface area contributed by atoms with Gasteiger partial charge in [-0.05, 0) is 77.0 Å². The molecular weight excluding hydrogens is 721 g/mol. The summed E-state index contributed by atoms with van der Waals surface area (Å²) in [4.78, 5) is 37.7. The van der Waals surface area contributed by atoms with Gasteiger partial charge in [-0.1, -0.05) is 198 Å². The van der Waals surface area contributed by atoms with Crippen LogP contribution in [-0.2, 0) is 28.6 Å². The number of allylic oxidation sites excluding steroid dienone is 6. The molecule has 0 bridgehead atoms. The molecule has 0 saturated heterocycles. The largest absolute Gasteiger partial charge is 0.462 e. The van der Waals surface area contributed by atoms with E-state index in [-0.39, 0.29) is 31.1 Å². The second-order valence-electron chi connectivity index (χ2n) is 16.7.